The molecule has 0 aliphatic heterocycles. The summed E-state index contributed by atoms with van der Waals surface area (Å²) in [5.41, 5.74) is 6.48. The Morgan fingerprint density at radius 3 is 2.53 bits per heavy atom. The summed E-state index contributed by atoms with van der Waals surface area (Å²) < 4.78 is 10.4. The van der Waals surface area contributed by atoms with Crippen LogP contribution in [-0.2, 0) is 0 Å². The number of rotatable bonds is 5. The first-order valence-corrected chi connectivity index (χ1v) is 6.62. The lowest BCUT2D eigenvalue weighted by Gasteiger charge is -2.23. The summed E-state index contributed by atoms with van der Waals surface area (Å²) in [6.45, 7) is 0. The van der Waals surface area contributed by atoms with Gasteiger partial charge >= 0.3 is 0 Å². The van der Waals surface area contributed by atoms with E-state index in [4.69, 9.17) is 15.2 Å². The monoisotopic (exact) mass is 263 g/mol. The van der Waals surface area contributed by atoms with Crippen molar-refractivity contribution in [2.75, 3.05) is 14.2 Å². The molecule has 2 rings (SSSR count). The van der Waals surface area contributed by atoms with Crippen molar-refractivity contribution in [3.05, 3.63) is 23.8 Å². The van der Waals surface area contributed by atoms with Crippen LogP contribution in [0.4, 0.5) is 0 Å². The highest BCUT2D eigenvalue weighted by molar-refractivity contribution is 5.99. The van der Waals surface area contributed by atoms with Crippen LogP contribution in [-0.4, -0.2) is 25.5 Å². The molecule has 4 nitrogen and oxygen atoms in total. The molecule has 0 saturated heterocycles. The van der Waals surface area contributed by atoms with Crippen molar-refractivity contribution in [2.45, 2.75) is 37.6 Å². The summed E-state index contributed by atoms with van der Waals surface area (Å²) >= 11 is 0. The summed E-state index contributed by atoms with van der Waals surface area (Å²) in [5, 5.41) is 0. The van der Waals surface area contributed by atoms with E-state index < -0.39 is 0 Å². The van der Waals surface area contributed by atoms with Crippen LogP contribution in [0.2, 0.25) is 0 Å². The third-order valence-electron chi connectivity index (χ3n) is 3.82. The fraction of sp³-hybridized carbons (Fsp3) is 0.533. The second-order valence-corrected chi connectivity index (χ2v) is 5.24. The molecule has 1 aromatic rings. The number of hydrogen-bond donors (Lipinski definition) is 1. The molecule has 1 fully saturated rings. The van der Waals surface area contributed by atoms with Crippen LogP contribution in [0.15, 0.2) is 18.2 Å². The molecule has 19 heavy (non-hydrogen) atoms. The van der Waals surface area contributed by atoms with Gasteiger partial charge in [0.25, 0.3) is 0 Å². The number of Topliss-reactive ketones (excluding diaryl/α,β-unsaturated/α-hetero) is 1. The van der Waals surface area contributed by atoms with Crippen molar-refractivity contribution < 1.29 is 14.3 Å². The molecule has 0 spiro atoms. The van der Waals surface area contributed by atoms with Crippen molar-refractivity contribution in [1.29, 1.82) is 0 Å². The van der Waals surface area contributed by atoms with Gasteiger partial charge in [-0.25, -0.2) is 0 Å². The van der Waals surface area contributed by atoms with E-state index in [0.29, 0.717) is 23.5 Å². The first-order valence-electron chi connectivity index (χ1n) is 6.62. The molecule has 1 aliphatic carbocycles. The van der Waals surface area contributed by atoms with Gasteiger partial charge in [-0.3, -0.25) is 4.79 Å². The van der Waals surface area contributed by atoms with Gasteiger partial charge < -0.3 is 15.2 Å². The predicted octanol–water partition coefficient (Wildman–Crippen LogP) is 2.55. The zero-order valence-corrected chi connectivity index (χ0v) is 11.6. The highest BCUT2D eigenvalue weighted by atomic mass is 16.5. The fourth-order valence-corrected chi connectivity index (χ4v) is 2.70. The molecule has 2 N–H and O–H groups in total. The van der Waals surface area contributed by atoms with E-state index in [1.54, 1.807) is 32.4 Å². The van der Waals surface area contributed by atoms with Gasteiger partial charge in [-0.05, 0) is 31.0 Å². The summed E-state index contributed by atoms with van der Waals surface area (Å²) in [6, 6.07) is 5.26. The smallest absolute Gasteiger partial charge is 0.168 e. The lowest BCUT2D eigenvalue weighted by atomic mass is 9.89. The normalized spacial score (nSPS) is 17.2. The zero-order chi connectivity index (χ0) is 13.9. The van der Waals surface area contributed by atoms with Gasteiger partial charge in [0.2, 0.25) is 0 Å². The average molecular weight is 263 g/mol. The Bertz CT molecular complexity index is 464. The van der Waals surface area contributed by atoms with Crippen molar-refractivity contribution in [3.63, 3.8) is 0 Å². The minimum atomic E-state index is -0.342. The van der Waals surface area contributed by atoms with E-state index in [0.717, 1.165) is 25.7 Å². The lowest BCUT2D eigenvalue weighted by Crippen LogP contribution is -2.38. The van der Waals surface area contributed by atoms with Crippen molar-refractivity contribution in [3.8, 4) is 11.5 Å². The Morgan fingerprint density at radius 1 is 1.26 bits per heavy atom. The second kappa shape index (κ2) is 5.61. The van der Waals surface area contributed by atoms with Crippen LogP contribution < -0.4 is 15.2 Å². The second-order valence-electron chi connectivity index (χ2n) is 5.24. The number of carbonyl (C=O) groups excluding carboxylic acids is 1. The summed E-state index contributed by atoms with van der Waals surface area (Å²) in [5.74, 6) is 1.26. The maximum absolute atomic E-state index is 12.4. The standard InChI is InChI=1S/C15H21NO3/c1-18-11-5-6-14(19-2)12(9-11)13(17)10-15(16)7-3-4-8-15/h5-6,9H,3-4,7-8,10,16H2,1-2H3. The van der Waals surface area contributed by atoms with E-state index in [9.17, 15) is 4.79 Å². The molecule has 0 unspecified atom stereocenters. The lowest BCUT2D eigenvalue weighted by molar-refractivity contribution is 0.0949. The van der Waals surface area contributed by atoms with Crippen LogP contribution >= 0.6 is 0 Å². The minimum absolute atomic E-state index is 0.0279. The molecule has 0 heterocycles. The number of benzene rings is 1. The van der Waals surface area contributed by atoms with E-state index in [2.05, 4.69) is 0 Å². The highest BCUT2D eigenvalue weighted by Gasteiger charge is 2.32. The number of carbonyl (C=O) groups is 1. The Balaban J connectivity index is 2.22. The van der Waals surface area contributed by atoms with Gasteiger partial charge in [-0.1, -0.05) is 12.8 Å². The van der Waals surface area contributed by atoms with Gasteiger partial charge in [-0.15, -0.1) is 0 Å². The van der Waals surface area contributed by atoms with Crippen LogP contribution in [0.3, 0.4) is 0 Å². The molecule has 1 aromatic carbocycles. The summed E-state index contributed by atoms with van der Waals surface area (Å²) in [6.07, 6.45) is 4.44. The van der Waals surface area contributed by atoms with Crippen molar-refractivity contribution >= 4 is 5.78 Å². The number of ether oxygens (including phenoxy) is 2. The quantitative estimate of drug-likeness (QED) is 0.829. The third-order valence-corrected chi connectivity index (χ3v) is 3.82. The van der Waals surface area contributed by atoms with Gasteiger partial charge in [0, 0.05) is 12.0 Å². The maximum atomic E-state index is 12.4. The van der Waals surface area contributed by atoms with E-state index in [1.807, 2.05) is 0 Å². The SMILES string of the molecule is COc1ccc(OC)c(C(=O)CC2(N)CCCC2)c1. The molecule has 0 radical (unpaired) electrons. The number of hydrogen-bond acceptors (Lipinski definition) is 4. The maximum Gasteiger partial charge on any atom is 0.168 e. The largest absolute Gasteiger partial charge is 0.497 e. The zero-order valence-electron chi connectivity index (χ0n) is 11.6. The molecule has 4 heteroatoms. The predicted molar refractivity (Wildman–Crippen MR) is 73.9 cm³/mol. The first-order chi connectivity index (χ1) is 9.08. The van der Waals surface area contributed by atoms with Gasteiger partial charge in [-0.2, -0.15) is 0 Å². The number of methoxy groups -OCH3 is 2. The number of nitrogens with two attached hydrogens (primary N) is 1. The topological polar surface area (TPSA) is 61.5 Å². The van der Waals surface area contributed by atoms with Gasteiger partial charge in [0.15, 0.2) is 5.78 Å². The average Bonchev–Trinajstić information content (AvgIpc) is 2.84. The van der Waals surface area contributed by atoms with Crippen LogP contribution in [0, 0.1) is 0 Å². The Labute approximate surface area is 113 Å². The van der Waals surface area contributed by atoms with Crippen LogP contribution in [0.5, 0.6) is 11.5 Å². The van der Waals surface area contributed by atoms with Gasteiger partial charge in [0.05, 0.1) is 19.8 Å². The fourth-order valence-electron chi connectivity index (χ4n) is 2.70. The molecular weight excluding hydrogens is 242 g/mol. The molecule has 0 bridgehead atoms. The molecular formula is C15H21NO3. The van der Waals surface area contributed by atoms with Crippen LogP contribution in [0.1, 0.15) is 42.5 Å². The Kier molecular flexibility index (Phi) is 4.10. The Hall–Kier alpha value is -1.55. The molecule has 1 saturated carbocycles. The summed E-state index contributed by atoms with van der Waals surface area (Å²) in [4.78, 5) is 12.4. The van der Waals surface area contributed by atoms with E-state index >= 15 is 0 Å². The summed E-state index contributed by atoms with van der Waals surface area (Å²) in [7, 11) is 3.14. The number of ketones is 1. The molecule has 104 valence electrons. The molecule has 0 amide bonds. The third kappa shape index (κ3) is 3.07. The molecule has 1 aliphatic rings. The minimum Gasteiger partial charge on any atom is -0.497 e. The van der Waals surface area contributed by atoms with E-state index in [-0.39, 0.29) is 11.3 Å². The first kappa shape index (κ1) is 13.9. The Morgan fingerprint density at radius 2 is 1.95 bits per heavy atom. The van der Waals surface area contributed by atoms with Crippen molar-refractivity contribution in [1.82, 2.24) is 0 Å². The van der Waals surface area contributed by atoms with E-state index in [1.165, 1.54) is 0 Å². The molecule has 0 atom stereocenters. The highest BCUT2D eigenvalue weighted by Crippen LogP contribution is 2.33. The van der Waals surface area contributed by atoms with Gasteiger partial charge in [0.1, 0.15) is 11.5 Å². The van der Waals surface area contributed by atoms with Crippen molar-refractivity contribution in [2.24, 2.45) is 5.73 Å². The molecule has 0 aromatic heterocycles. The van der Waals surface area contributed by atoms with Crippen LogP contribution in [0.25, 0.3) is 0 Å².